The van der Waals surface area contributed by atoms with Gasteiger partial charge in [0.05, 0.1) is 7.11 Å². The summed E-state index contributed by atoms with van der Waals surface area (Å²) in [6.45, 7) is 3.20. The van der Waals surface area contributed by atoms with E-state index in [1.54, 1.807) is 7.11 Å². The summed E-state index contributed by atoms with van der Waals surface area (Å²) in [6, 6.07) is 4.65. The zero-order valence-corrected chi connectivity index (χ0v) is 13.7. The van der Waals surface area contributed by atoms with Crippen LogP contribution in [0.2, 0.25) is 0 Å². The van der Waals surface area contributed by atoms with Gasteiger partial charge in [0.2, 0.25) is 0 Å². The molecule has 0 amide bonds. The van der Waals surface area contributed by atoms with Crippen LogP contribution in [0.1, 0.15) is 37.3 Å². The van der Waals surface area contributed by atoms with E-state index in [1.165, 1.54) is 11.1 Å². The fourth-order valence-electron chi connectivity index (χ4n) is 6.06. The van der Waals surface area contributed by atoms with Crippen molar-refractivity contribution in [2.24, 2.45) is 11.8 Å². The Hall–Kier alpha value is -1.55. The molecule has 4 aliphatic rings. The Morgan fingerprint density at radius 2 is 2.26 bits per heavy atom. The summed E-state index contributed by atoms with van der Waals surface area (Å²) in [6.07, 6.45) is 3.47. The maximum Gasteiger partial charge on any atom is 0.174 e. The molecule has 4 heteroatoms. The molecule has 122 valence electrons. The second-order valence-electron chi connectivity index (χ2n) is 7.55. The molecule has 2 bridgehead atoms. The van der Waals surface area contributed by atoms with Gasteiger partial charge < -0.3 is 14.8 Å². The van der Waals surface area contributed by atoms with E-state index in [1.807, 2.05) is 6.07 Å². The zero-order chi connectivity index (χ0) is 15.8. The molecule has 2 fully saturated rings. The quantitative estimate of drug-likeness (QED) is 0.909. The van der Waals surface area contributed by atoms with Crippen LogP contribution in [0, 0.1) is 11.8 Å². The highest BCUT2D eigenvalue weighted by atomic mass is 16.5. The van der Waals surface area contributed by atoms with Gasteiger partial charge in [0.15, 0.2) is 23.4 Å². The average molecular weight is 313 g/mol. The maximum absolute atomic E-state index is 12.9. The van der Waals surface area contributed by atoms with Crippen molar-refractivity contribution in [3.05, 3.63) is 23.3 Å². The van der Waals surface area contributed by atoms with Gasteiger partial charge in [-0.1, -0.05) is 19.4 Å². The van der Waals surface area contributed by atoms with Crippen molar-refractivity contribution < 1.29 is 14.3 Å². The first-order chi connectivity index (χ1) is 11.2. The standard InChI is InChI=1S/C19H23NO3/c1-3-10-9-13(21)18-19-6-7-20-12(15(10)19)8-11-4-5-14(22-2)17(23-18)16(11)19/h4-5,10,12,15,18,20H,3,6-9H2,1-2H3/t10-,12-,15+,18+,19+/m1/s1. The van der Waals surface area contributed by atoms with Crippen LogP contribution < -0.4 is 14.8 Å². The number of piperidine rings is 1. The average Bonchev–Trinajstić information content (AvgIpc) is 2.90. The number of nitrogens with one attached hydrogen (secondary N) is 1. The van der Waals surface area contributed by atoms with E-state index in [4.69, 9.17) is 9.47 Å². The lowest BCUT2D eigenvalue weighted by atomic mass is 9.49. The number of Topliss-reactive ketones (excluding diaryl/α,β-unsaturated/α-hetero) is 1. The molecule has 1 aromatic carbocycles. The van der Waals surface area contributed by atoms with Crippen molar-refractivity contribution in [2.45, 2.75) is 50.2 Å². The SMILES string of the molecule is CC[C@@H]1CC(=O)[C@@H]2Oc3c(OC)ccc4c3[C@@]23CCN[C@H](C4)[C@H]13. The smallest absolute Gasteiger partial charge is 0.174 e. The molecular formula is C19H23NO3. The second kappa shape index (κ2) is 4.50. The monoisotopic (exact) mass is 313 g/mol. The first-order valence-corrected chi connectivity index (χ1v) is 8.83. The van der Waals surface area contributed by atoms with Gasteiger partial charge in [-0.05, 0) is 42.9 Å². The number of ketones is 1. The van der Waals surface area contributed by atoms with Crippen molar-refractivity contribution in [3.63, 3.8) is 0 Å². The molecule has 1 spiro atoms. The highest BCUT2D eigenvalue weighted by Crippen LogP contribution is 2.63. The number of hydrogen-bond acceptors (Lipinski definition) is 4. The van der Waals surface area contributed by atoms with Crippen LogP contribution in [0.4, 0.5) is 0 Å². The molecule has 1 saturated heterocycles. The van der Waals surface area contributed by atoms with Crippen LogP contribution in [0.25, 0.3) is 0 Å². The number of ether oxygens (including phenoxy) is 2. The normalized spacial score (nSPS) is 39.7. The van der Waals surface area contributed by atoms with Crippen LogP contribution in [0.15, 0.2) is 12.1 Å². The van der Waals surface area contributed by atoms with Crippen molar-refractivity contribution in [1.82, 2.24) is 5.32 Å². The van der Waals surface area contributed by atoms with Gasteiger partial charge in [0.1, 0.15) is 0 Å². The molecule has 1 aromatic rings. The molecule has 23 heavy (non-hydrogen) atoms. The Bertz CT molecular complexity index is 700. The fourth-order valence-corrected chi connectivity index (χ4v) is 6.06. The van der Waals surface area contributed by atoms with Crippen LogP contribution in [-0.2, 0) is 16.6 Å². The molecule has 1 saturated carbocycles. The van der Waals surface area contributed by atoms with E-state index in [2.05, 4.69) is 18.3 Å². The lowest BCUT2D eigenvalue weighted by Crippen LogP contribution is -2.67. The minimum atomic E-state index is -0.301. The first kappa shape index (κ1) is 13.8. The molecular weight excluding hydrogens is 290 g/mol. The highest BCUT2D eigenvalue weighted by molar-refractivity contribution is 5.89. The van der Waals surface area contributed by atoms with E-state index in [0.29, 0.717) is 30.1 Å². The third-order valence-electron chi connectivity index (χ3n) is 6.80. The molecule has 0 unspecified atom stereocenters. The van der Waals surface area contributed by atoms with Crippen molar-refractivity contribution >= 4 is 5.78 Å². The van der Waals surface area contributed by atoms with E-state index >= 15 is 0 Å². The summed E-state index contributed by atoms with van der Waals surface area (Å²) < 4.78 is 11.9. The molecule has 0 aromatic heterocycles. The summed E-state index contributed by atoms with van der Waals surface area (Å²) in [5.74, 6) is 2.89. The predicted octanol–water partition coefficient (Wildman–Crippen LogP) is 2.23. The lowest BCUT2D eigenvalue weighted by molar-refractivity contribution is -0.139. The molecule has 0 radical (unpaired) electrons. The summed E-state index contributed by atoms with van der Waals surface area (Å²) in [7, 11) is 1.68. The largest absolute Gasteiger partial charge is 0.493 e. The predicted molar refractivity (Wildman–Crippen MR) is 86.1 cm³/mol. The van der Waals surface area contributed by atoms with Gasteiger partial charge in [-0.2, -0.15) is 0 Å². The molecule has 2 aliphatic carbocycles. The van der Waals surface area contributed by atoms with Gasteiger partial charge in [-0.15, -0.1) is 0 Å². The molecule has 2 aliphatic heterocycles. The van der Waals surface area contributed by atoms with E-state index in [9.17, 15) is 4.79 Å². The van der Waals surface area contributed by atoms with E-state index in [0.717, 1.165) is 37.3 Å². The Kier molecular flexibility index (Phi) is 2.71. The Morgan fingerprint density at radius 3 is 3.04 bits per heavy atom. The second-order valence-corrected chi connectivity index (χ2v) is 7.55. The molecule has 1 N–H and O–H groups in total. The van der Waals surface area contributed by atoms with Crippen molar-refractivity contribution in [1.29, 1.82) is 0 Å². The number of methoxy groups -OCH3 is 1. The van der Waals surface area contributed by atoms with Crippen LogP contribution in [-0.4, -0.2) is 31.6 Å². The van der Waals surface area contributed by atoms with Gasteiger partial charge in [-0.3, -0.25) is 4.79 Å². The van der Waals surface area contributed by atoms with Crippen LogP contribution in [0.3, 0.4) is 0 Å². The molecule has 5 rings (SSSR count). The molecule has 5 atom stereocenters. The van der Waals surface area contributed by atoms with E-state index < -0.39 is 0 Å². The Morgan fingerprint density at radius 1 is 1.39 bits per heavy atom. The van der Waals surface area contributed by atoms with Gasteiger partial charge in [0, 0.05) is 23.4 Å². The summed E-state index contributed by atoms with van der Waals surface area (Å²) >= 11 is 0. The number of carbonyl (C=O) groups excluding carboxylic acids is 1. The Labute approximate surface area is 136 Å². The fraction of sp³-hybridized carbons (Fsp3) is 0.632. The number of carbonyl (C=O) groups is 1. The third-order valence-corrected chi connectivity index (χ3v) is 6.80. The summed E-state index contributed by atoms with van der Waals surface area (Å²) in [5, 5.41) is 3.74. The Balaban J connectivity index is 1.81. The number of benzene rings is 1. The molecule has 2 heterocycles. The van der Waals surface area contributed by atoms with Gasteiger partial charge in [-0.25, -0.2) is 0 Å². The minimum absolute atomic E-state index is 0.122. The number of hydrogen-bond donors (Lipinski definition) is 1. The van der Waals surface area contributed by atoms with Gasteiger partial charge in [0.25, 0.3) is 0 Å². The van der Waals surface area contributed by atoms with Crippen molar-refractivity contribution in [3.8, 4) is 11.5 Å². The zero-order valence-electron chi connectivity index (χ0n) is 13.7. The third kappa shape index (κ3) is 1.49. The number of rotatable bonds is 2. The lowest BCUT2D eigenvalue weighted by Gasteiger charge is -2.57. The topological polar surface area (TPSA) is 47.6 Å². The highest BCUT2D eigenvalue weighted by Gasteiger charge is 2.66. The van der Waals surface area contributed by atoms with E-state index in [-0.39, 0.29) is 11.5 Å². The maximum atomic E-state index is 12.9. The first-order valence-electron chi connectivity index (χ1n) is 8.83. The van der Waals surface area contributed by atoms with Crippen molar-refractivity contribution in [2.75, 3.05) is 13.7 Å². The summed E-state index contributed by atoms with van der Waals surface area (Å²) in [5.41, 5.74) is 2.53. The summed E-state index contributed by atoms with van der Waals surface area (Å²) in [4.78, 5) is 12.9. The van der Waals surface area contributed by atoms with Crippen LogP contribution in [0.5, 0.6) is 11.5 Å². The minimum Gasteiger partial charge on any atom is -0.493 e. The molecule has 4 nitrogen and oxygen atoms in total. The van der Waals surface area contributed by atoms with Crippen LogP contribution >= 0.6 is 0 Å². The van der Waals surface area contributed by atoms with Gasteiger partial charge >= 0.3 is 0 Å².